The second-order valence-electron chi connectivity index (χ2n) is 8.78. The number of nitrogens with zero attached hydrogens (tertiary/aromatic N) is 3. The van der Waals surface area contributed by atoms with E-state index in [2.05, 4.69) is 26.1 Å². The number of rotatable bonds is 2. The summed E-state index contributed by atoms with van der Waals surface area (Å²) in [7, 11) is 0. The van der Waals surface area contributed by atoms with Crippen molar-refractivity contribution in [2.45, 2.75) is 65.3 Å². The first-order chi connectivity index (χ1) is 11.4. The molecule has 25 heavy (non-hydrogen) atoms. The number of hydrogen-bond donors (Lipinski definition) is 2. The van der Waals surface area contributed by atoms with Gasteiger partial charge in [-0.2, -0.15) is 5.10 Å². The van der Waals surface area contributed by atoms with Gasteiger partial charge in [0.15, 0.2) is 0 Å². The Morgan fingerprint density at radius 3 is 2.16 bits per heavy atom. The van der Waals surface area contributed by atoms with Crippen molar-refractivity contribution in [3.8, 4) is 0 Å². The number of urea groups is 1. The maximum atomic E-state index is 12.6. The zero-order valence-electron chi connectivity index (χ0n) is 16.1. The summed E-state index contributed by atoms with van der Waals surface area (Å²) in [5.74, 6) is -0.458. The average molecular weight is 350 g/mol. The highest BCUT2D eigenvalue weighted by Crippen LogP contribution is 2.28. The summed E-state index contributed by atoms with van der Waals surface area (Å²) < 4.78 is 1.84. The fourth-order valence-corrected chi connectivity index (χ4v) is 2.87. The average Bonchev–Trinajstić information content (AvgIpc) is 2.91. The summed E-state index contributed by atoms with van der Waals surface area (Å²) in [5, 5.41) is 16.7. The molecule has 0 saturated carbocycles. The highest BCUT2D eigenvalue weighted by Gasteiger charge is 2.29. The van der Waals surface area contributed by atoms with E-state index in [0.717, 1.165) is 5.69 Å². The van der Waals surface area contributed by atoms with Crippen molar-refractivity contribution in [2.75, 3.05) is 18.4 Å². The number of carboxylic acid groups (broad SMARTS) is 1. The van der Waals surface area contributed by atoms with E-state index in [1.54, 1.807) is 4.90 Å². The molecule has 0 radical (unpaired) electrons. The van der Waals surface area contributed by atoms with Crippen molar-refractivity contribution in [3.63, 3.8) is 0 Å². The number of aromatic nitrogens is 2. The number of hydrogen-bond acceptors (Lipinski definition) is 3. The van der Waals surface area contributed by atoms with Crippen molar-refractivity contribution >= 4 is 17.8 Å². The Hall–Kier alpha value is -2.05. The first-order valence-electron chi connectivity index (χ1n) is 8.79. The molecule has 1 fully saturated rings. The molecule has 0 unspecified atom stereocenters. The minimum atomic E-state index is -0.777. The summed E-state index contributed by atoms with van der Waals surface area (Å²) in [4.78, 5) is 25.3. The van der Waals surface area contributed by atoms with E-state index < -0.39 is 5.97 Å². The second-order valence-corrected chi connectivity index (χ2v) is 8.78. The molecule has 140 valence electrons. The Kier molecular flexibility index (Phi) is 5.16. The Labute approximate surface area is 149 Å². The van der Waals surface area contributed by atoms with Crippen LogP contribution in [0.2, 0.25) is 0 Å². The molecule has 1 aliphatic rings. The maximum absolute atomic E-state index is 12.6. The Morgan fingerprint density at radius 2 is 1.72 bits per heavy atom. The van der Waals surface area contributed by atoms with Crippen molar-refractivity contribution in [2.24, 2.45) is 5.92 Å². The Balaban J connectivity index is 2.15. The van der Waals surface area contributed by atoms with Gasteiger partial charge in [0.1, 0.15) is 5.82 Å². The summed E-state index contributed by atoms with van der Waals surface area (Å²) >= 11 is 0. The van der Waals surface area contributed by atoms with E-state index in [4.69, 9.17) is 10.2 Å². The predicted octanol–water partition coefficient (Wildman–Crippen LogP) is 3.26. The number of carbonyl (C=O) groups is 2. The van der Waals surface area contributed by atoms with Gasteiger partial charge >= 0.3 is 12.0 Å². The summed E-state index contributed by atoms with van der Waals surface area (Å²) in [6.07, 6.45) is 0.989. The smallest absolute Gasteiger partial charge is 0.323 e. The maximum Gasteiger partial charge on any atom is 0.323 e. The molecule has 0 spiro atoms. The van der Waals surface area contributed by atoms with Crippen LogP contribution in [-0.4, -0.2) is 44.9 Å². The monoisotopic (exact) mass is 350 g/mol. The van der Waals surface area contributed by atoms with E-state index in [1.165, 1.54) is 0 Å². The first-order valence-corrected chi connectivity index (χ1v) is 8.79. The lowest BCUT2D eigenvalue weighted by molar-refractivity contribution is -0.143. The fourth-order valence-electron chi connectivity index (χ4n) is 2.87. The third kappa shape index (κ3) is 4.52. The molecule has 0 bridgehead atoms. The lowest BCUT2D eigenvalue weighted by atomic mass is 9.92. The van der Waals surface area contributed by atoms with Gasteiger partial charge in [0.25, 0.3) is 0 Å². The lowest BCUT2D eigenvalue weighted by Crippen LogP contribution is -2.43. The normalized spacial score (nSPS) is 16.8. The number of aliphatic carboxylic acids is 1. The highest BCUT2D eigenvalue weighted by molar-refractivity contribution is 5.88. The molecule has 0 aromatic carbocycles. The van der Waals surface area contributed by atoms with Gasteiger partial charge in [-0.05, 0) is 33.6 Å². The van der Waals surface area contributed by atoms with Crippen LogP contribution in [0.3, 0.4) is 0 Å². The van der Waals surface area contributed by atoms with Gasteiger partial charge in [0.2, 0.25) is 0 Å². The number of amides is 2. The quantitative estimate of drug-likeness (QED) is 0.857. The van der Waals surface area contributed by atoms with E-state index in [1.807, 2.05) is 31.5 Å². The number of nitrogens with one attached hydrogen (secondary N) is 1. The van der Waals surface area contributed by atoms with Crippen molar-refractivity contribution in [3.05, 3.63) is 11.8 Å². The zero-order chi connectivity index (χ0) is 19.0. The standard InChI is InChI=1S/C18H30N4O3/c1-17(2,3)13-11-14(22(20-13)18(4,5)6)19-16(25)21-9-7-12(8-10-21)15(23)24/h11-12H,7-10H2,1-6H3,(H,19,25)(H,23,24). The van der Waals surface area contributed by atoms with Crippen molar-refractivity contribution < 1.29 is 14.7 Å². The molecule has 2 N–H and O–H groups in total. The number of carbonyl (C=O) groups excluding carboxylic acids is 1. The molecule has 0 atom stereocenters. The van der Waals surface area contributed by atoms with Gasteiger partial charge in [-0.3, -0.25) is 10.1 Å². The fraction of sp³-hybridized carbons (Fsp3) is 0.722. The third-order valence-corrected chi connectivity index (χ3v) is 4.48. The molecule has 1 aromatic heterocycles. The Bertz CT molecular complexity index is 644. The number of piperidine rings is 1. The van der Waals surface area contributed by atoms with Gasteiger partial charge in [-0.1, -0.05) is 20.8 Å². The van der Waals surface area contributed by atoms with E-state index in [-0.39, 0.29) is 22.9 Å². The Morgan fingerprint density at radius 1 is 1.16 bits per heavy atom. The predicted molar refractivity (Wildman–Crippen MR) is 96.9 cm³/mol. The van der Waals surface area contributed by atoms with Crippen molar-refractivity contribution in [1.29, 1.82) is 0 Å². The van der Waals surface area contributed by atoms with Crippen molar-refractivity contribution in [1.82, 2.24) is 14.7 Å². The van der Waals surface area contributed by atoms with Gasteiger partial charge in [-0.25, -0.2) is 9.48 Å². The van der Waals surface area contributed by atoms with Crippen LogP contribution in [0.4, 0.5) is 10.6 Å². The molecule has 7 nitrogen and oxygen atoms in total. The summed E-state index contributed by atoms with van der Waals surface area (Å²) in [5.41, 5.74) is 0.542. The molecule has 1 aromatic rings. The number of likely N-dealkylation sites (tertiary alicyclic amines) is 1. The van der Waals surface area contributed by atoms with Crippen LogP contribution in [0.25, 0.3) is 0 Å². The number of anilines is 1. The molecule has 2 heterocycles. The van der Waals surface area contributed by atoms with Crippen LogP contribution >= 0.6 is 0 Å². The largest absolute Gasteiger partial charge is 0.481 e. The molecule has 0 aliphatic carbocycles. The van der Waals surface area contributed by atoms with Crippen LogP contribution in [0.1, 0.15) is 60.1 Å². The molecule has 7 heteroatoms. The minimum absolute atomic E-state index is 0.115. The SMILES string of the molecule is CC(C)(C)c1cc(NC(=O)N2CCC(C(=O)O)CC2)n(C(C)(C)C)n1. The first kappa shape index (κ1) is 19.3. The topological polar surface area (TPSA) is 87.5 Å². The molecular formula is C18H30N4O3. The second kappa shape index (κ2) is 6.69. The van der Waals surface area contributed by atoms with E-state index >= 15 is 0 Å². The summed E-state index contributed by atoms with van der Waals surface area (Å²) in [6, 6.07) is 1.72. The highest BCUT2D eigenvalue weighted by atomic mass is 16.4. The summed E-state index contributed by atoms with van der Waals surface area (Å²) in [6.45, 7) is 13.3. The van der Waals surface area contributed by atoms with Crippen LogP contribution in [0.15, 0.2) is 6.07 Å². The van der Waals surface area contributed by atoms with Crippen LogP contribution in [0.5, 0.6) is 0 Å². The van der Waals surface area contributed by atoms with Crippen LogP contribution in [-0.2, 0) is 15.7 Å². The van der Waals surface area contributed by atoms with Gasteiger partial charge in [-0.15, -0.1) is 0 Å². The van der Waals surface area contributed by atoms with Crippen LogP contribution in [0, 0.1) is 5.92 Å². The van der Waals surface area contributed by atoms with E-state index in [0.29, 0.717) is 31.7 Å². The van der Waals surface area contributed by atoms with Crippen LogP contribution < -0.4 is 5.32 Å². The third-order valence-electron chi connectivity index (χ3n) is 4.48. The molecule has 1 saturated heterocycles. The lowest BCUT2D eigenvalue weighted by Gasteiger charge is -2.30. The minimum Gasteiger partial charge on any atom is -0.481 e. The number of carboxylic acids is 1. The zero-order valence-corrected chi connectivity index (χ0v) is 16.1. The van der Waals surface area contributed by atoms with Gasteiger partial charge < -0.3 is 10.0 Å². The molecule has 2 amide bonds. The van der Waals surface area contributed by atoms with E-state index in [9.17, 15) is 9.59 Å². The van der Waals surface area contributed by atoms with Gasteiger partial charge in [0.05, 0.1) is 17.2 Å². The molecular weight excluding hydrogens is 320 g/mol. The molecule has 1 aliphatic heterocycles. The van der Waals surface area contributed by atoms with Gasteiger partial charge in [0, 0.05) is 24.6 Å². The molecule has 2 rings (SSSR count).